The van der Waals surface area contributed by atoms with Gasteiger partial charge < -0.3 is 15.0 Å². The molecule has 0 amide bonds. The SMILES string of the molecule is Cc1ccc2c(CNC3CCC(C)CC3)c(C(=O)O)n(Cc3ccccc3C)c2c1. The van der Waals surface area contributed by atoms with E-state index < -0.39 is 5.97 Å². The normalized spacial score (nSPS) is 19.3. The molecule has 0 radical (unpaired) electrons. The molecule has 30 heavy (non-hydrogen) atoms. The number of aromatic nitrogens is 1. The second-order valence-electron chi connectivity index (χ2n) is 9.00. The fraction of sp³-hybridized carbons (Fsp3) is 0.423. The summed E-state index contributed by atoms with van der Waals surface area (Å²) in [5, 5.41) is 14.9. The third kappa shape index (κ3) is 4.15. The predicted octanol–water partition coefficient (Wildman–Crippen LogP) is 5.67. The Morgan fingerprint density at radius 1 is 1.10 bits per heavy atom. The first-order valence-electron chi connectivity index (χ1n) is 11.1. The Morgan fingerprint density at radius 2 is 1.83 bits per heavy atom. The average molecular weight is 405 g/mol. The Morgan fingerprint density at radius 3 is 2.53 bits per heavy atom. The molecule has 2 N–H and O–H groups in total. The lowest BCUT2D eigenvalue weighted by Gasteiger charge is -2.27. The first-order valence-corrected chi connectivity index (χ1v) is 11.1. The van der Waals surface area contributed by atoms with Gasteiger partial charge >= 0.3 is 5.97 Å². The predicted molar refractivity (Wildman–Crippen MR) is 122 cm³/mol. The van der Waals surface area contributed by atoms with Gasteiger partial charge in [0.2, 0.25) is 0 Å². The van der Waals surface area contributed by atoms with Crippen LogP contribution in [-0.2, 0) is 13.1 Å². The van der Waals surface area contributed by atoms with Gasteiger partial charge in [0.1, 0.15) is 5.69 Å². The topological polar surface area (TPSA) is 54.3 Å². The van der Waals surface area contributed by atoms with Crippen molar-refractivity contribution >= 4 is 16.9 Å². The molecule has 0 atom stereocenters. The van der Waals surface area contributed by atoms with Crippen LogP contribution >= 0.6 is 0 Å². The van der Waals surface area contributed by atoms with E-state index in [2.05, 4.69) is 56.4 Å². The van der Waals surface area contributed by atoms with Crippen molar-refractivity contribution < 1.29 is 9.90 Å². The highest BCUT2D eigenvalue weighted by atomic mass is 16.4. The van der Waals surface area contributed by atoms with Crippen molar-refractivity contribution in [3.05, 3.63) is 70.4 Å². The van der Waals surface area contributed by atoms with Crippen LogP contribution in [0, 0.1) is 19.8 Å². The standard InChI is InChI=1S/C26H32N2O2/c1-17-8-11-21(12-9-17)27-15-23-22-13-10-18(2)14-24(22)28(25(23)26(29)30)16-20-7-5-4-6-19(20)3/h4-7,10,13-14,17,21,27H,8-9,11-12,15-16H2,1-3H3,(H,29,30). The van der Waals surface area contributed by atoms with Crippen LogP contribution in [-0.4, -0.2) is 21.7 Å². The number of fused-ring (bicyclic) bond motifs is 1. The Balaban J connectivity index is 1.74. The molecule has 2 aromatic carbocycles. The number of carbonyl (C=O) groups is 1. The van der Waals surface area contributed by atoms with Crippen molar-refractivity contribution in [2.45, 2.75) is 65.6 Å². The Hall–Kier alpha value is -2.59. The zero-order valence-electron chi connectivity index (χ0n) is 18.2. The molecule has 3 aromatic rings. The van der Waals surface area contributed by atoms with E-state index in [1.54, 1.807) is 0 Å². The third-order valence-corrected chi connectivity index (χ3v) is 6.70. The van der Waals surface area contributed by atoms with E-state index in [0.717, 1.165) is 33.5 Å². The van der Waals surface area contributed by atoms with E-state index in [4.69, 9.17) is 0 Å². The molecular formula is C26H32N2O2. The third-order valence-electron chi connectivity index (χ3n) is 6.70. The lowest BCUT2D eigenvalue weighted by atomic mass is 9.87. The Bertz CT molecular complexity index is 1060. The second-order valence-corrected chi connectivity index (χ2v) is 9.00. The number of benzene rings is 2. The minimum Gasteiger partial charge on any atom is -0.477 e. The molecule has 0 spiro atoms. The fourth-order valence-corrected chi connectivity index (χ4v) is 4.79. The minimum atomic E-state index is -0.855. The number of carboxylic acids is 1. The average Bonchev–Trinajstić information content (AvgIpc) is 3.02. The fourth-order valence-electron chi connectivity index (χ4n) is 4.79. The molecule has 0 aliphatic heterocycles. The summed E-state index contributed by atoms with van der Waals surface area (Å²) in [6, 6.07) is 15.0. The highest BCUT2D eigenvalue weighted by Gasteiger charge is 2.24. The van der Waals surface area contributed by atoms with Gasteiger partial charge in [-0.3, -0.25) is 0 Å². The van der Waals surface area contributed by atoms with Gasteiger partial charge in [0.15, 0.2) is 0 Å². The summed E-state index contributed by atoms with van der Waals surface area (Å²) in [5.41, 5.74) is 5.80. The summed E-state index contributed by atoms with van der Waals surface area (Å²) in [6.07, 6.45) is 4.84. The van der Waals surface area contributed by atoms with Crippen LogP contribution in [0.5, 0.6) is 0 Å². The van der Waals surface area contributed by atoms with Crippen molar-refractivity contribution in [2.75, 3.05) is 0 Å². The van der Waals surface area contributed by atoms with Crippen LogP contribution < -0.4 is 5.32 Å². The number of rotatable bonds is 6. The summed E-state index contributed by atoms with van der Waals surface area (Å²) in [7, 11) is 0. The van der Waals surface area contributed by atoms with Crippen molar-refractivity contribution in [1.29, 1.82) is 0 Å². The van der Waals surface area contributed by atoms with Crippen molar-refractivity contribution in [1.82, 2.24) is 9.88 Å². The number of aryl methyl sites for hydroxylation is 2. The second kappa shape index (κ2) is 8.65. The lowest BCUT2D eigenvalue weighted by Crippen LogP contribution is -2.32. The van der Waals surface area contributed by atoms with Crippen molar-refractivity contribution in [3.8, 4) is 0 Å². The van der Waals surface area contributed by atoms with Gasteiger partial charge in [0.05, 0.1) is 0 Å². The molecule has 1 heterocycles. The maximum Gasteiger partial charge on any atom is 0.352 e. The summed E-state index contributed by atoms with van der Waals surface area (Å²) < 4.78 is 1.99. The molecular weight excluding hydrogens is 372 g/mol. The van der Waals surface area contributed by atoms with E-state index in [0.29, 0.717) is 24.8 Å². The Labute approximate surface area is 178 Å². The summed E-state index contributed by atoms with van der Waals surface area (Å²) >= 11 is 0. The van der Waals surface area contributed by atoms with Gasteiger partial charge in [-0.2, -0.15) is 0 Å². The summed E-state index contributed by atoms with van der Waals surface area (Å²) in [5.74, 6) is -0.0527. The van der Waals surface area contributed by atoms with Crippen molar-refractivity contribution in [2.24, 2.45) is 5.92 Å². The molecule has 0 saturated heterocycles. The van der Waals surface area contributed by atoms with Crippen LogP contribution in [0.4, 0.5) is 0 Å². The minimum absolute atomic E-state index is 0.413. The molecule has 0 unspecified atom stereocenters. The number of nitrogens with zero attached hydrogens (tertiary/aromatic N) is 1. The molecule has 4 rings (SSSR count). The van der Waals surface area contributed by atoms with Crippen LogP contribution in [0.2, 0.25) is 0 Å². The molecule has 1 saturated carbocycles. The van der Waals surface area contributed by atoms with Crippen LogP contribution in [0.15, 0.2) is 42.5 Å². The summed E-state index contributed by atoms with van der Waals surface area (Å²) in [4.78, 5) is 12.4. The molecule has 0 bridgehead atoms. The first-order chi connectivity index (χ1) is 14.4. The van der Waals surface area contributed by atoms with Crippen LogP contribution in [0.3, 0.4) is 0 Å². The van der Waals surface area contributed by atoms with Gasteiger partial charge in [-0.1, -0.05) is 43.3 Å². The van der Waals surface area contributed by atoms with E-state index >= 15 is 0 Å². The van der Waals surface area contributed by atoms with Gasteiger partial charge in [0.25, 0.3) is 0 Å². The van der Waals surface area contributed by atoms with Gasteiger partial charge in [-0.05, 0) is 68.2 Å². The van der Waals surface area contributed by atoms with E-state index in [-0.39, 0.29) is 0 Å². The maximum absolute atomic E-state index is 12.4. The van der Waals surface area contributed by atoms with Gasteiger partial charge in [-0.25, -0.2) is 4.79 Å². The highest BCUT2D eigenvalue weighted by molar-refractivity contribution is 5.98. The number of hydrogen-bond acceptors (Lipinski definition) is 2. The number of aromatic carboxylic acids is 1. The van der Waals surface area contributed by atoms with E-state index in [9.17, 15) is 9.90 Å². The lowest BCUT2D eigenvalue weighted by molar-refractivity contribution is 0.0684. The molecule has 158 valence electrons. The smallest absolute Gasteiger partial charge is 0.352 e. The molecule has 1 aliphatic rings. The zero-order chi connectivity index (χ0) is 21.3. The van der Waals surface area contributed by atoms with E-state index in [1.165, 1.54) is 31.2 Å². The van der Waals surface area contributed by atoms with Crippen molar-refractivity contribution in [3.63, 3.8) is 0 Å². The zero-order valence-corrected chi connectivity index (χ0v) is 18.2. The highest BCUT2D eigenvalue weighted by Crippen LogP contribution is 2.30. The number of carboxylic acid groups (broad SMARTS) is 1. The largest absolute Gasteiger partial charge is 0.477 e. The van der Waals surface area contributed by atoms with Crippen LogP contribution in [0.25, 0.3) is 10.9 Å². The number of hydrogen-bond donors (Lipinski definition) is 2. The maximum atomic E-state index is 12.4. The first kappa shape index (κ1) is 20.7. The van der Waals surface area contributed by atoms with E-state index in [1.807, 2.05) is 16.7 Å². The molecule has 1 fully saturated rings. The molecule has 4 heteroatoms. The number of nitrogens with one attached hydrogen (secondary N) is 1. The van der Waals surface area contributed by atoms with Gasteiger partial charge in [-0.15, -0.1) is 0 Å². The summed E-state index contributed by atoms with van der Waals surface area (Å²) in [6.45, 7) is 7.63. The monoisotopic (exact) mass is 404 g/mol. The molecule has 4 nitrogen and oxygen atoms in total. The van der Waals surface area contributed by atoms with Gasteiger partial charge in [0, 0.05) is 35.6 Å². The molecule has 1 aliphatic carbocycles. The Kier molecular flexibility index (Phi) is 5.96. The quantitative estimate of drug-likeness (QED) is 0.556. The molecule has 1 aromatic heterocycles. The van der Waals surface area contributed by atoms with Crippen LogP contribution in [0.1, 0.15) is 65.3 Å².